The average molecular weight is 332 g/mol. The molecule has 1 aliphatic carbocycles. The van der Waals surface area contributed by atoms with Gasteiger partial charge in [0.15, 0.2) is 0 Å². The van der Waals surface area contributed by atoms with E-state index in [0.717, 1.165) is 19.4 Å². The molecule has 0 saturated heterocycles. The molecule has 0 aliphatic heterocycles. The van der Waals surface area contributed by atoms with E-state index in [0.29, 0.717) is 34.0 Å². The molecule has 1 aromatic rings. The summed E-state index contributed by atoms with van der Waals surface area (Å²) in [5.74, 6) is 0.879. The standard InChI is InChI=1S/C16H23Cl2NO2/c17-13-5-6-15(18)14(7-13)16(21)9-19-8-11-3-1-2-4-12(11)10-20/h5-7,11-12,16,19-21H,1-4,8-10H2. The van der Waals surface area contributed by atoms with Crippen LogP contribution >= 0.6 is 23.2 Å². The van der Waals surface area contributed by atoms with E-state index in [1.54, 1.807) is 18.2 Å². The molecule has 0 heterocycles. The fourth-order valence-corrected chi connectivity index (χ4v) is 3.50. The lowest BCUT2D eigenvalue weighted by atomic mass is 9.79. The number of hydrogen-bond acceptors (Lipinski definition) is 3. The first-order valence-electron chi connectivity index (χ1n) is 7.56. The predicted molar refractivity (Wildman–Crippen MR) is 86.8 cm³/mol. The normalized spacial score (nSPS) is 24.0. The maximum absolute atomic E-state index is 10.2. The van der Waals surface area contributed by atoms with Crippen LogP contribution in [0.2, 0.25) is 10.0 Å². The Labute approximate surface area is 136 Å². The molecule has 1 fully saturated rings. The van der Waals surface area contributed by atoms with Gasteiger partial charge in [-0.05, 0) is 49.4 Å². The molecule has 0 bridgehead atoms. The van der Waals surface area contributed by atoms with Gasteiger partial charge < -0.3 is 15.5 Å². The van der Waals surface area contributed by atoms with E-state index in [1.165, 1.54) is 12.8 Å². The second kappa shape index (κ2) is 8.35. The second-order valence-electron chi connectivity index (χ2n) is 5.83. The Morgan fingerprint density at radius 2 is 1.90 bits per heavy atom. The molecule has 0 spiro atoms. The van der Waals surface area contributed by atoms with Crippen LogP contribution in [0.4, 0.5) is 0 Å². The average Bonchev–Trinajstić information content (AvgIpc) is 2.50. The van der Waals surface area contributed by atoms with Gasteiger partial charge in [-0.2, -0.15) is 0 Å². The van der Waals surface area contributed by atoms with Crippen molar-refractivity contribution in [3.63, 3.8) is 0 Å². The van der Waals surface area contributed by atoms with Crippen LogP contribution in [-0.2, 0) is 0 Å². The zero-order valence-electron chi connectivity index (χ0n) is 12.1. The van der Waals surface area contributed by atoms with Gasteiger partial charge in [0.1, 0.15) is 0 Å². The number of benzene rings is 1. The molecule has 118 valence electrons. The molecule has 3 unspecified atom stereocenters. The summed E-state index contributed by atoms with van der Waals surface area (Å²) in [6.45, 7) is 1.52. The summed E-state index contributed by atoms with van der Waals surface area (Å²) in [6, 6.07) is 5.11. The number of rotatable bonds is 6. The van der Waals surface area contributed by atoms with Crippen molar-refractivity contribution in [3.8, 4) is 0 Å². The molecule has 0 radical (unpaired) electrons. The molecule has 5 heteroatoms. The number of hydrogen-bond donors (Lipinski definition) is 3. The summed E-state index contributed by atoms with van der Waals surface area (Å²) < 4.78 is 0. The third-order valence-electron chi connectivity index (χ3n) is 4.36. The lowest BCUT2D eigenvalue weighted by molar-refractivity contribution is 0.125. The second-order valence-corrected chi connectivity index (χ2v) is 6.67. The van der Waals surface area contributed by atoms with Gasteiger partial charge in [0, 0.05) is 28.8 Å². The van der Waals surface area contributed by atoms with Gasteiger partial charge in [-0.25, -0.2) is 0 Å². The fraction of sp³-hybridized carbons (Fsp3) is 0.625. The molecule has 2 rings (SSSR count). The molecule has 1 aromatic carbocycles. The van der Waals surface area contributed by atoms with Crippen molar-refractivity contribution in [2.45, 2.75) is 31.8 Å². The molecule has 3 atom stereocenters. The predicted octanol–water partition coefficient (Wildman–Crippen LogP) is 3.42. The third kappa shape index (κ3) is 4.83. The van der Waals surface area contributed by atoms with Crippen molar-refractivity contribution in [2.75, 3.05) is 19.7 Å². The van der Waals surface area contributed by atoms with Gasteiger partial charge in [0.2, 0.25) is 0 Å². The molecule has 21 heavy (non-hydrogen) atoms. The SMILES string of the molecule is OCC1CCCCC1CNCC(O)c1cc(Cl)ccc1Cl. The van der Waals surface area contributed by atoms with E-state index < -0.39 is 6.10 Å². The highest BCUT2D eigenvalue weighted by molar-refractivity contribution is 6.33. The van der Waals surface area contributed by atoms with E-state index in [1.807, 2.05) is 0 Å². The molecule has 0 amide bonds. The minimum atomic E-state index is -0.674. The number of aliphatic hydroxyl groups is 2. The highest BCUT2D eigenvalue weighted by Crippen LogP contribution is 2.29. The molecule has 1 aliphatic rings. The molecule has 3 nitrogen and oxygen atoms in total. The molecular formula is C16H23Cl2NO2. The van der Waals surface area contributed by atoms with Crippen LogP contribution in [0.3, 0.4) is 0 Å². The van der Waals surface area contributed by atoms with Crippen molar-refractivity contribution >= 4 is 23.2 Å². The van der Waals surface area contributed by atoms with Crippen molar-refractivity contribution in [3.05, 3.63) is 33.8 Å². The summed E-state index contributed by atoms with van der Waals surface area (Å²) >= 11 is 12.0. The van der Waals surface area contributed by atoms with E-state index in [2.05, 4.69) is 5.32 Å². The highest BCUT2D eigenvalue weighted by Gasteiger charge is 2.24. The Balaban J connectivity index is 1.83. The van der Waals surface area contributed by atoms with Gasteiger partial charge >= 0.3 is 0 Å². The van der Waals surface area contributed by atoms with Crippen LogP contribution < -0.4 is 5.32 Å². The van der Waals surface area contributed by atoms with Gasteiger partial charge in [0.05, 0.1) is 6.10 Å². The van der Waals surface area contributed by atoms with Gasteiger partial charge in [-0.15, -0.1) is 0 Å². The Hall–Kier alpha value is -0.320. The smallest absolute Gasteiger partial charge is 0.0929 e. The van der Waals surface area contributed by atoms with Gasteiger partial charge in [-0.3, -0.25) is 0 Å². The highest BCUT2D eigenvalue weighted by atomic mass is 35.5. The van der Waals surface area contributed by atoms with E-state index in [-0.39, 0.29) is 6.61 Å². The largest absolute Gasteiger partial charge is 0.396 e. The van der Waals surface area contributed by atoms with E-state index >= 15 is 0 Å². The van der Waals surface area contributed by atoms with Gasteiger partial charge in [-0.1, -0.05) is 36.0 Å². The first-order valence-corrected chi connectivity index (χ1v) is 8.32. The maximum atomic E-state index is 10.2. The van der Waals surface area contributed by atoms with Crippen molar-refractivity contribution in [1.29, 1.82) is 0 Å². The lowest BCUT2D eigenvalue weighted by Gasteiger charge is -2.30. The summed E-state index contributed by atoms with van der Waals surface area (Å²) in [4.78, 5) is 0. The minimum absolute atomic E-state index is 0.259. The number of nitrogens with one attached hydrogen (secondary N) is 1. The van der Waals surface area contributed by atoms with Crippen LogP contribution in [0, 0.1) is 11.8 Å². The summed E-state index contributed by atoms with van der Waals surface area (Å²) in [5.41, 5.74) is 0.652. The van der Waals surface area contributed by atoms with Gasteiger partial charge in [0.25, 0.3) is 0 Å². The topological polar surface area (TPSA) is 52.5 Å². The van der Waals surface area contributed by atoms with Crippen LogP contribution in [0.1, 0.15) is 37.4 Å². The Morgan fingerprint density at radius 1 is 1.19 bits per heavy atom. The Morgan fingerprint density at radius 3 is 2.62 bits per heavy atom. The Bertz CT molecular complexity index is 456. The number of halogens is 2. The van der Waals surface area contributed by atoms with E-state index in [9.17, 15) is 10.2 Å². The quantitative estimate of drug-likeness (QED) is 0.748. The van der Waals surface area contributed by atoms with Crippen molar-refractivity contribution in [1.82, 2.24) is 5.32 Å². The lowest BCUT2D eigenvalue weighted by Crippen LogP contribution is -2.34. The molecule has 0 aromatic heterocycles. The molecular weight excluding hydrogens is 309 g/mol. The zero-order chi connectivity index (χ0) is 15.2. The minimum Gasteiger partial charge on any atom is -0.396 e. The number of aliphatic hydroxyl groups excluding tert-OH is 2. The zero-order valence-corrected chi connectivity index (χ0v) is 13.6. The summed E-state index contributed by atoms with van der Waals surface area (Å²) in [7, 11) is 0. The van der Waals surface area contributed by atoms with Crippen LogP contribution in [-0.4, -0.2) is 29.9 Å². The van der Waals surface area contributed by atoms with Crippen molar-refractivity contribution in [2.24, 2.45) is 11.8 Å². The first kappa shape index (κ1) is 17.0. The van der Waals surface area contributed by atoms with Crippen LogP contribution in [0.25, 0.3) is 0 Å². The van der Waals surface area contributed by atoms with Crippen molar-refractivity contribution < 1.29 is 10.2 Å². The fourth-order valence-electron chi connectivity index (χ4n) is 3.08. The molecule has 3 N–H and O–H groups in total. The van der Waals surface area contributed by atoms with E-state index in [4.69, 9.17) is 23.2 Å². The monoisotopic (exact) mass is 331 g/mol. The molecule has 1 saturated carbocycles. The third-order valence-corrected chi connectivity index (χ3v) is 4.94. The summed E-state index contributed by atoms with van der Waals surface area (Å²) in [5, 5.41) is 24.0. The maximum Gasteiger partial charge on any atom is 0.0929 e. The van der Waals surface area contributed by atoms with Crippen LogP contribution in [0.15, 0.2) is 18.2 Å². The van der Waals surface area contributed by atoms with Crippen LogP contribution in [0.5, 0.6) is 0 Å². The Kier molecular flexibility index (Phi) is 6.77. The summed E-state index contributed by atoms with van der Waals surface area (Å²) in [6.07, 6.45) is 4.01. The first-order chi connectivity index (χ1) is 10.1.